The summed E-state index contributed by atoms with van der Waals surface area (Å²) in [7, 11) is 0. The first kappa shape index (κ1) is 11.2. The van der Waals surface area contributed by atoms with Crippen molar-refractivity contribution in [1.82, 2.24) is 15.3 Å². The average molecular weight is 203 g/mol. The van der Waals surface area contributed by atoms with Crippen molar-refractivity contribution >= 4 is 5.91 Å². The van der Waals surface area contributed by atoms with Gasteiger partial charge < -0.3 is 5.32 Å². The molecule has 1 N–H and O–H groups in total. The molecule has 0 aromatic carbocycles. The first-order chi connectivity index (χ1) is 7.18. The van der Waals surface area contributed by atoms with Gasteiger partial charge in [-0.2, -0.15) is 0 Å². The van der Waals surface area contributed by atoms with Crippen molar-refractivity contribution in [2.75, 3.05) is 6.54 Å². The molecule has 0 unspecified atom stereocenters. The monoisotopic (exact) mass is 203 g/mol. The van der Waals surface area contributed by atoms with E-state index in [1.807, 2.05) is 13.0 Å². The Morgan fingerprint density at radius 1 is 1.60 bits per heavy atom. The normalized spacial score (nSPS) is 8.93. The largest absolute Gasteiger partial charge is 0.355 e. The highest BCUT2D eigenvalue weighted by Gasteiger charge is 1.90. The molecule has 0 aliphatic rings. The van der Waals surface area contributed by atoms with Gasteiger partial charge >= 0.3 is 0 Å². The van der Waals surface area contributed by atoms with Gasteiger partial charge in [0.05, 0.1) is 0 Å². The molecule has 0 aliphatic carbocycles. The average Bonchev–Trinajstić information content (AvgIpc) is 2.17. The zero-order chi connectivity index (χ0) is 11.1. The van der Waals surface area contributed by atoms with Crippen LogP contribution in [0, 0.1) is 18.8 Å². The Bertz CT molecular complexity index is 404. The SMILES string of the molecule is CC(=O)NCCC#Cc1nccc(C)n1. The van der Waals surface area contributed by atoms with Gasteiger partial charge in [-0.25, -0.2) is 9.97 Å². The van der Waals surface area contributed by atoms with E-state index in [1.54, 1.807) is 6.20 Å². The van der Waals surface area contributed by atoms with Crippen LogP contribution >= 0.6 is 0 Å². The fourth-order valence-electron chi connectivity index (χ4n) is 0.952. The molecule has 0 saturated carbocycles. The Morgan fingerprint density at radius 3 is 3.07 bits per heavy atom. The van der Waals surface area contributed by atoms with Crippen molar-refractivity contribution in [3.63, 3.8) is 0 Å². The maximum Gasteiger partial charge on any atom is 0.216 e. The molecular formula is C11H13N3O. The van der Waals surface area contributed by atoms with Gasteiger partial charge in [0, 0.05) is 31.8 Å². The highest BCUT2D eigenvalue weighted by molar-refractivity contribution is 5.72. The number of rotatable bonds is 2. The van der Waals surface area contributed by atoms with Crippen LogP contribution in [0.25, 0.3) is 0 Å². The van der Waals surface area contributed by atoms with Crippen LogP contribution in [-0.2, 0) is 4.79 Å². The summed E-state index contributed by atoms with van der Waals surface area (Å²) in [6, 6.07) is 1.82. The number of aromatic nitrogens is 2. The summed E-state index contributed by atoms with van der Waals surface area (Å²) in [6.45, 7) is 3.94. The van der Waals surface area contributed by atoms with E-state index in [4.69, 9.17) is 0 Å². The fourth-order valence-corrected chi connectivity index (χ4v) is 0.952. The summed E-state index contributed by atoms with van der Waals surface area (Å²) < 4.78 is 0. The van der Waals surface area contributed by atoms with Crippen LogP contribution in [0.2, 0.25) is 0 Å². The maximum atomic E-state index is 10.5. The summed E-state index contributed by atoms with van der Waals surface area (Å²) in [4.78, 5) is 18.7. The minimum atomic E-state index is -0.0383. The van der Waals surface area contributed by atoms with E-state index in [0.717, 1.165) is 5.69 Å². The zero-order valence-electron chi connectivity index (χ0n) is 8.87. The van der Waals surface area contributed by atoms with Crippen molar-refractivity contribution in [2.24, 2.45) is 0 Å². The summed E-state index contributed by atoms with van der Waals surface area (Å²) in [5.74, 6) is 6.22. The maximum absolute atomic E-state index is 10.5. The summed E-state index contributed by atoms with van der Waals surface area (Å²) in [6.07, 6.45) is 2.29. The molecule has 0 saturated heterocycles. The minimum absolute atomic E-state index is 0.0383. The number of carbonyl (C=O) groups is 1. The van der Waals surface area contributed by atoms with E-state index in [2.05, 4.69) is 27.1 Å². The molecule has 15 heavy (non-hydrogen) atoms. The van der Waals surface area contributed by atoms with Gasteiger partial charge in [0.15, 0.2) is 0 Å². The molecule has 1 aromatic rings. The molecule has 78 valence electrons. The van der Waals surface area contributed by atoms with Crippen LogP contribution < -0.4 is 5.32 Å². The number of amides is 1. The van der Waals surface area contributed by atoms with Gasteiger partial charge in [0.1, 0.15) is 0 Å². The van der Waals surface area contributed by atoms with Crippen molar-refractivity contribution < 1.29 is 4.79 Å². The van der Waals surface area contributed by atoms with Gasteiger partial charge in [-0.3, -0.25) is 4.79 Å². The molecule has 0 atom stereocenters. The number of hydrogen-bond acceptors (Lipinski definition) is 3. The molecule has 0 bridgehead atoms. The predicted molar refractivity (Wildman–Crippen MR) is 56.9 cm³/mol. The van der Waals surface area contributed by atoms with Crippen molar-refractivity contribution in [2.45, 2.75) is 20.3 Å². The van der Waals surface area contributed by atoms with Crippen LogP contribution in [0.1, 0.15) is 24.9 Å². The van der Waals surface area contributed by atoms with Gasteiger partial charge in [0.25, 0.3) is 0 Å². The highest BCUT2D eigenvalue weighted by atomic mass is 16.1. The van der Waals surface area contributed by atoms with Gasteiger partial charge in [0.2, 0.25) is 11.7 Å². The minimum Gasteiger partial charge on any atom is -0.355 e. The van der Waals surface area contributed by atoms with Gasteiger partial charge in [-0.05, 0) is 18.9 Å². The molecule has 4 nitrogen and oxygen atoms in total. The van der Waals surface area contributed by atoms with Crippen LogP contribution in [0.15, 0.2) is 12.3 Å². The molecule has 1 heterocycles. The lowest BCUT2D eigenvalue weighted by molar-refractivity contribution is -0.118. The molecule has 1 rings (SSSR count). The number of nitrogens with one attached hydrogen (secondary N) is 1. The van der Waals surface area contributed by atoms with Crippen molar-refractivity contribution in [3.05, 3.63) is 23.8 Å². The smallest absolute Gasteiger partial charge is 0.216 e. The highest BCUT2D eigenvalue weighted by Crippen LogP contribution is 1.90. The second-order valence-electron chi connectivity index (χ2n) is 3.06. The van der Waals surface area contributed by atoms with Crippen molar-refractivity contribution in [3.8, 4) is 11.8 Å². The van der Waals surface area contributed by atoms with Crippen LogP contribution in [-0.4, -0.2) is 22.4 Å². The molecule has 4 heteroatoms. The van der Waals surface area contributed by atoms with Crippen LogP contribution in [0.3, 0.4) is 0 Å². The molecule has 0 radical (unpaired) electrons. The van der Waals surface area contributed by atoms with E-state index >= 15 is 0 Å². The molecule has 0 fully saturated rings. The van der Waals surface area contributed by atoms with Crippen LogP contribution in [0.4, 0.5) is 0 Å². The third-order valence-corrected chi connectivity index (χ3v) is 1.62. The Morgan fingerprint density at radius 2 is 2.40 bits per heavy atom. The predicted octanol–water partition coefficient (Wildman–Crippen LogP) is 0.663. The first-order valence-corrected chi connectivity index (χ1v) is 4.71. The molecule has 1 amide bonds. The number of aryl methyl sites for hydroxylation is 1. The lowest BCUT2D eigenvalue weighted by Crippen LogP contribution is -2.20. The quantitative estimate of drug-likeness (QED) is 0.567. The summed E-state index contributed by atoms with van der Waals surface area (Å²) in [5, 5.41) is 2.66. The topological polar surface area (TPSA) is 54.9 Å². The first-order valence-electron chi connectivity index (χ1n) is 4.71. The second kappa shape index (κ2) is 5.76. The lowest BCUT2D eigenvalue weighted by atomic mass is 10.4. The Hall–Kier alpha value is -1.89. The third kappa shape index (κ3) is 4.77. The summed E-state index contributed by atoms with van der Waals surface area (Å²) >= 11 is 0. The molecular weight excluding hydrogens is 190 g/mol. The molecule has 0 aliphatic heterocycles. The number of hydrogen-bond donors (Lipinski definition) is 1. The standard InChI is InChI=1S/C11H13N3O/c1-9-6-8-13-11(14-9)5-3-4-7-12-10(2)15/h6,8H,4,7H2,1-2H3,(H,12,15). The Kier molecular flexibility index (Phi) is 4.30. The van der Waals surface area contributed by atoms with E-state index in [-0.39, 0.29) is 5.91 Å². The van der Waals surface area contributed by atoms with E-state index in [9.17, 15) is 4.79 Å². The zero-order valence-corrected chi connectivity index (χ0v) is 8.87. The van der Waals surface area contributed by atoms with E-state index < -0.39 is 0 Å². The second-order valence-corrected chi connectivity index (χ2v) is 3.06. The van der Waals surface area contributed by atoms with Crippen molar-refractivity contribution in [1.29, 1.82) is 0 Å². The van der Waals surface area contributed by atoms with E-state index in [1.165, 1.54) is 6.92 Å². The van der Waals surface area contributed by atoms with Crippen LogP contribution in [0.5, 0.6) is 0 Å². The fraction of sp³-hybridized carbons (Fsp3) is 0.364. The summed E-state index contributed by atoms with van der Waals surface area (Å²) in [5.41, 5.74) is 0.899. The Labute approximate surface area is 89.1 Å². The molecule has 0 spiro atoms. The van der Waals surface area contributed by atoms with Gasteiger partial charge in [-0.15, -0.1) is 0 Å². The van der Waals surface area contributed by atoms with Gasteiger partial charge in [-0.1, -0.05) is 5.92 Å². The number of carbonyl (C=O) groups excluding carboxylic acids is 1. The lowest BCUT2D eigenvalue weighted by Gasteiger charge is -1.94. The number of nitrogens with zero attached hydrogens (tertiary/aromatic N) is 2. The van der Waals surface area contributed by atoms with E-state index in [0.29, 0.717) is 18.8 Å². The third-order valence-electron chi connectivity index (χ3n) is 1.62. The Balaban J connectivity index is 2.41. The molecule has 1 aromatic heterocycles.